The monoisotopic (exact) mass is 485 g/mol. The fourth-order valence-corrected chi connectivity index (χ4v) is 4.52. The van der Waals surface area contributed by atoms with Crippen LogP contribution in [0.25, 0.3) is 5.76 Å². The third kappa shape index (κ3) is 3.96. The lowest BCUT2D eigenvalue weighted by atomic mass is 9.87. The molecule has 0 spiro atoms. The Bertz CT molecular complexity index is 1370. The normalized spacial score (nSPS) is 18.6. The van der Waals surface area contributed by atoms with Crippen molar-refractivity contribution in [2.75, 3.05) is 18.8 Å². The number of aliphatic hydroxyl groups is 1. The molecule has 36 heavy (non-hydrogen) atoms. The number of anilines is 1. The van der Waals surface area contributed by atoms with E-state index < -0.39 is 17.7 Å². The van der Waals surface area contributed by atoms with E-state index in [2.05, 4.69) is 20.8 Å². The number of hydrogen-bond acceptors (Lipinski definition) is 6. The molecular formula is C29H27NO6. The minimum atomic E-state index is -0.832. The number of ether oxygens (including phenoxy) is 3. The van der Waals surface area contributed by atoms with Crippen molar-refractivity contribution in [3.05, 3.63) is 89.0 Å². The van der Waals surface area contributed by atoms with Gasteiger partial charge in [0.1, 0.15) is 11.5 Å². The van der Waals surface area contributed by atoms with Gasteiger partial charge in [0.25, 0.3) is 11.7 Å². The van der Waals surface area contributed by atoms with Crippen LogP contribution in [0.5, 0.6) is 17.2 Å². The van der Waals surface area contributed by atoms with Gasteiger partial charge in [0, 0.05) is 11.3 Å². The number of ketones is 1. The molecular weight excluding hydrogens is 458 g/mol. The van der Waals surface area contributed by atoms with Crippen molar-refractivity contribution >= 4 is 23.1 Å². The molecule has 3 aromatic rings. The Morgan fingerprint density at radius 3 is 2.25 bits per heavy atom. The molecule has 1 saturated heterocycles. The van der Waals surface area contributed by atoms with E-state index in [1.54, 1.807) is 49.6 Å². The van der Waals surface area contributed by atoms with E-state index in [0.717, 1.165) is 5.56 Å². The Morgan fingerprint density at radius 1 is 0.944 bits per heavy atom. The Labute approximate surface area is 209 Å². The van der Waals surface area contributed by atoms with E-state index in [1.165, 1.54) is 4.90 Å². The van der Waals surface area contributed by atoms with Crippen LogP contribution < -0.4 is 19.1 Å². The van der Waals surface area contributed by atoms with Crippen molar-refractivity contribution in [1.82, 2.24) is 0 Å². The predicted octanol–water partition coefficient (Wildman–Crippen LogP) is 5.35. The van der Waals surface area contributed by atoms with Crippen LogP contribution in [0.15, 0.2) is 72.3 Å². The molecule has 1 fully saturated rings. The molecule has 1 unspecified atom stereocenters. The molecule has 1 N–H and O–H groups in total. The first-order chi connectivity index (χ1) is 17.2. The van der Waals surface area contributed by atoms with Crippen molar-refractivity contribution < 1.29 is 28.9 Å². The first-order valence-electron chi connectivity index (χ1n) is 11.6. The van der Waals surface area contributed by atoms with Crippen LogP contribution in [0, 0.1) is 0 Å². The van der Waals surface area contributed by atoms with Gasteiger partial charge in [-0.25, -0.2) is 0 Å². The zero-order valence-electron chi connectivity index (χ0n) is 20.6. The van der Waals surface area contributed by atoms with Crippen LogP contribution in [0.4, 0.5) is 5.69 Å². The fourth-order valence-electron chi connectivity index (χ4n) is 4.52. The van der Waals surface area contributed by atoms with Crippen LogP contribution in [-0.4, -0.2) is 30.7 Å². The first kappa shape index (κ1) is 23.5. The van der Waals surface area contributed by atoms with Gasteiger partial charge in [-0.05, 0) is 59.0 Å². The maximum atomic E-state index is 13.4. The van der Waals surface area contributed by atoms with E-state index >= 15 is 0 Å². The van der Waals surface area contributed by atoms with Gasteiger partial charge in [-0.1, -0.05) is 45.0 Å². The first-order valence-corrected chi connectivity index (χ1v) is 11.6. The van der Waals surface area contributed by atoms with Crippen LogP contribution >= 0.6 is 0 Å². The Kier molecular flexibility index (Phi) is 5.71. The molecule has 0 bridgehead atoms. The lowest BCUT2D eigenvalue weighted by Gasteiger charge is -2.27. The highest BCUT2D eigenvalue weighted by Crippen LogP contribution is 2.44. The second kappa shape index (κ2) is 8.75. The second-order valence-corrected chi connectivity index (χ2v) is 9.81. The van der Waals surface area contributed by atoms with E-state index in [9.17, 15) is 14.7 Å². The smallest absolute Gasteiger partial charge is 0.300 e. The van der Waals surface area contributed by atoms with Gasteiger partial charge in [0.2, 0.25) is 6.79 Å². The number of methoxy groups -OCH3 is 1. The zero-order chi connectivity index (χ0) is 25.6. The molecule has 0 saturated carbocycles. The number of benzene rings is 3. The minimum absolute atomic E-state index is 0.00364. The third-order valence-corrected chi connectivity index (χ3v) is 6.53. The number of nitrogens with zero attached hydrogens (tertiary/aromatic N) is 1. The van der Waals surface area contributed by atoms with Gasteiger partial charge in [-0.3, -0.25) is 14.5 Å². The van der Waals surface area contributed by atoms with Crippen molar-refractivity contribution in [2.24, 2.45) is 0 Å². The molecule has 0 radical (unpaired) electrons. The van der Waals surface area contributed by atoms with Crippen LogP contribution in [0.3, 0.4) is 0 Å². The van der Waals surface area contributed by atoms with Crippen molar-refractivity contribution in [3.63, 3.8) is 0 Å². The fraction of sp³-hybridized carbons (Fsp3) is 0.241. The number of hydrogen-bond donors (Lipinski definition) is 1. The van der Waals surface area contributed by atoms with Gasteiger partial charge in [0.05, 0.1) is 18.7 Å². The molecule has 2 aliphatic rings. The number of rotatable bonds is 4. The van der Waals surface area contributed by atoms with Crippen molar-refractivity contribution in [1.29, 1.82) is 0 Å². The summed E-state index contributed by atoms with van der Waals surface area (Å²) >= 11 is 0. The molecule has 7 nitrogen and oxygen atoms in total. The van der Waals surface area contributed by atoms with Gasteiger partial charge < -0.3 is 19.3 Å². The van der Waals surface area contributed by atoms with Gasteiger partial charge in [-0.15, -0.1) is 0 Å². The molecule has 5 rings (SSSR count). The molecule has 0 aromatic heterocycles. The maximum absolute atomic E-state index is 13.4. The number of aliphatic hydroxyl groups excluding tert-OH is 1. The van der Waals surface area contributed by atoms with Crippen molar-refractivity contribution in [3.8, 4) is 17.2 Å². The molecule has 7 heteroatoms. The van der Waals surface area contributed by atoms with E-state index in [1.807, 2.05) is 24.3 Å². The standard InChI is InChI=1S/C29H27NO6/c1-29(2,3)19-8-10-20(11-9-19)30-25(17-5-12-21(34-4)13-6-17)24(27(32)28(30)33)26(31)18-7-14-22-23(15-18)36-16-35-22/h5-15,25,31H,16H2,1-4H3/b26-24-. The molecule has 184 valence electrons. The number of amides is 1. The summed E-state index contributed by atoms with van der Waals surface area (Å²) in [5.74, 6) is -0.0838. The molecule has 1 amide bonds. The van der Waals surface area contributed by atoms with Crippen molar-refractivity contribution in [2.45, 2.75) is 32.2 Å². The summed E-state index contributed by atoms with van der Waals surface area (Å²) in [6, 6.07) is 18.8. The highest BCUT2D eigenvalue weighted by atomic mass is 16.7. The second-order valence-electron chi connectivity index (χ2n) is 9.81. The lowest BCUT2D eigenvalue weighted by molar-refractivity contribution is -0.132. The summed E-state index contributed by atoms with van der Waals surface area (Å²) in [6.45, 7) is 6.41. The summed E-state index contributed by atoms with van der Waals surface area (Å²) in [7, 11) is 1.57. The minimum Gasteiger partial charge on any atom is -0.507 e. The van der Waals surface area contributed by atoms with Gasteiger partial charge in [-0.2, -0.15) is 0 Å². The summed E-state index contributed by atoms with van der Waals surface area (Å²) in [4.78, 5) is 28.2. The van der Waals surface area contributed by atoms with Crippen LogP contribution in [0.2, 0.25) is 0 Å². The number of Topliss-reactive ketones (excluding diaryl/α,β-unsaturated/α-hetero) is 1. The highest BCUT2D eigenvalue weighted by Gasteiger charge is 2.47. The molecule has 0 aliphatic carbocycles. The quantitative estimate of drug-likeness (QED) is 0.305. The Hall–Kier alpha value is -4.26. The summed E-state index contributed by atoms with van der Waals surface area (Å²) in [5, 5.41) is 11.3. The molecule has 1 atom stereocenters. The van der Waals surface area contributed by atoms with Crippen LogP contribution in [-0.2, 0) is 15.0 Å². The van der Waals surface area contributed by atoms with E-state index in [4.69, 9.17) is 14.2 Å². The predicted molar refractivity (Wildman–Crippen MR) is 135 cm³/mol. The summed E-state index contributed by atoms with van der Waals surface area (Å²) in [6.07, 6.45) is 0. The average Bonchev–Trinajstić information content (AvgIpc) is 3.45. The highest BCUT2D eigenvalue weighted by molar-refractivity contribution is 6.51. The number of carbonyl (C=O) groups is 2. The van der Waals surface area contributed by atoms with Gasteiger partial charge in [0.15, 0.2) is 11.5 Å². The molecule has 3 aromatic carbocycles. The zero-order valence-corrected chi connectivity index (χ0v) is 20.6. The summed E-state index contributed by atoms with van der Waals surface area (Å²) < 4.78 is 16.1. The summed E-state index contributed by atoms with van der Waals surface area (Å²) in [5.41, 5.74) is 2.63. The van der Waals surface area contributed by atoms with Gasteiger partial charge >= 0.3 is 0 Å². The largest absolute Gasteiger partial charge is 0.507 e. The maximum Gasteiger partial charge on any atom is 0.300 e. The molecule has 2 aliphatic heterocycles. The average molecular weight is 486 g/mol. The topological polar surface area (TPSA) is 85.3 Å². The molecule has 2 heterocycles. The third-order valence-electron chi connectivity index (χ3n) is 6.53. The Balaban J connectivity index is 1.66. The Morgan fingerprint density at radius 2 is 1.61 bits per heavy atom. The van der Waals surface area contributed by atoms with E-state index in [-0.39, 0.29) is 23.5 Å². The van der Waals surface area contributed by atoms with E-state index in [0.29, 0.717) is 34.1 Å². The SMILES string of the molecule is COc1ccc(C2/C(=C(/O)c3ccc4c(c3)OCO4)C(=O)C(=O)N2c2ccc(C(C)(C)C)cc2)cc1. The number of fused-ring (bicyclic) bond motifs is 1. The lowest BCUT2D eigenvalue weighted by Crippen LogP contribution is -2.29. The van der Waals surface area contributed by atoms with Crippen LogP contribution in [0.1, 0.15) is 43.5 Å². The number of carbonyl (C=O) groups excluding carboxylic acids is 2.